The molecule has 0 saturated carbocycles. The van der Waals surface area contributed by atoms with Crippen LogP contribution in [0, 0.1) is 0 Å². The maximum Gasteiger partial charge on any atom is 0.472 e. The minimum Gasteiger partial charge on any atom is -0.387 e. The molecule has 0 bridgehead atoms. The van der Waals surface area contributed by atoms with Gasteiger partial charge >= 0.3 is 7.82 Å². The molecule has 0 aliphatic rings. The number of hydrogen-bond acceptors (Lipinski definition) is 5. The molecule has 0 aliphatic carbocycles. The molecule has 0 heterocycles. The van der Waals surface area contributed by atoms with E-state index in [-0.39, 0.29) is 19.1 Å². The summed E-state index contributed by atoms with van der Waals surface area (Å²) in [7, 11) is 1.53. The molecule has 0 fully saturated rings. The number of carbonyl (C=O) groups is 1. The summed E-state index contributed by atoms with van der Waals surface area (Å²) >= 11 is 0. The van der Waals surface area contributed by atoms with Gasteiger partial charge in [-0.05, 0) is 116 Å². The van der Waals surface area contributed by atoms with Gasteiger partial charge in [-0.2, -0.15) is 0 Å². The zero-order valence-corrected chi connectivity index (χ0v) is 51.9. The third-order valence-corrected chi connectivity index (χ3v) is 14.0. The number of aliphatic hydroxyl groups is 1. The van der Waals surface area contributed by atoms with E-state index >= 15 is 0 Å². The Kier molecular flexibility index (Phi) is 55.9. The van der Waals surface area contributed by atoms with Crippen LogP contribution in [0.4, 0.5) is 0 Å². The second-order valence-electron chi connectivity index (χ2n) is 21.7. The highest BCUT2D eigenvalue weighted by molar-refractivity contribution is 7.47. The first-order valence-corrected chi connectivity index (χ1v) is 32.9. The van der Waals surface area contributed by atoms with Gasteiger partial charge in [-0.15, -0.1) is 0 Å². The van der Waals surface area contributed by atoms with Gasteiger partial charge in [-0.25, -0.2) is 4.57 Å². The standard InChI is InChI=1S/C70H117N2O6P/c1-6-8-10-12-14-16-18-20-22-24-25-26-27-28-29-30-31-32-33-34-35-36-37-38-39-40-41-42-43-44-45-46-47-48-50-52-54-56-58-60-62-64-70(74)71-68(67-78-79(75,76)77-66-65-72(3,4)5)69(73)63-61-59-57-55-53-51-49-23-21-19-17-15-13-11-9-7-2/h8,10,14,16,20,22,25-26,28-29,31-32,34-35,37-38,40-41,43-44,46-47,53,55,61,63,68-69,73H,6-7,9,11-13,15,17-19,21,23-24,27,30,33,36,39,42,45,48-52,54,56-60,62,64-67H2,1-5H3,(H-,71,74,75,76)/p+1/b10-8-,16-14-,22-20-,26-25-,29-28-,32-31-,35-34-,38-37-,41-40-,44-43-,47-46-,55-53+,63-61+. The van der Waals surface area contributed by atoms with Gasteiger partial charge in [0.1, 0.15) is 13.2 Å². The number of quaternary nitrogens is 1. The van der Waals surface area contributed by atoms with Gasteiger partial charge in [0.15, 0.2) is 0 Å². The molecule has 448 valence electrons. The van der Waals surface area contributed by atoms with Gasteiger partial charge in [-0.3, -0.25) is 13.8 Å². The number of aliphatic hydroxyl groups excluding tert-OH is 1. The Morgan fingerprint density at radius 1 is 0.443 bits per heavy atom. The average Bonchev–Trinajstić information content (AvgIpc) is 3.42. The molecule has 0 rings (SSSR count). The Bertz CT molecular complexity index is 1840. The molecule has 0 radical (unpaired) electrons. The summed E-state index contributed by atoms with van der Waals surface area (Å²) in [5.74, 6) is -0.205. The molecule has 8 nitrogen and oxygen atoms in total. The summed E-state index contributed by atoms with van der Waals surface area (Å²) in [6.07, 6.45) is 92.2. The lowest BCUT2D eigenvalue weighted by Crippen LogP contribution is -2.45. The van der Waals surface area contributed by atoms with Crippen molar-refractivity contribution in [2.75, 3.05) is 40.9 Å². The largest absolute Gasteiger partial charge is 0.472 e. The minimum atomic E-state index is -4.37. The van der Waals surface area contributed by atoms with Gasteiger partial charge < -0.3 is 19.8 Å². The Balaban J connectivity index is 4.18. The van der Waals surface area contributed by atoms with E-state index in [1.165, 1.54) is 83.5 Å². The summed E-state index contributed by atoms with van der Waals surface area (Å²) < 4.78 is 23.7. The minimum absolute atomic E-state index is 0.0459. The van der Waals surface area contributed by atoms with Crippen LogP contribution >= 0.6 is 7.82 Å². The highest BCUT2D eigenvalue weighted by Crippen LogP contribution is 2.43. The number of nitrogens with one attached hydrogen (secondary N) is 1. The van der Waals surface area contributed by atoms with Crippen LogP contribution in [0.5, 0.6) is 0 Å². The van der Waals surface area contributed by atoms with E-state index in [0.717, 1.165) is 122 Å². The monoisotopic (exact) mass is 1110 g/mol. The summed E-state index contributed by atoms with van der Waals surface area (Å²) in [5.41, 5.74) is 0. The smallest absolute Gasteiger partial charge is 0.387 e. The number of nitrogens with zero attached hydrogens (tertiary/aromatic N) is 1. The Hall–Kier alpha value is -3.88. The van der Waals surface area contributed by atoms with Crippen LogP contribution in [0.3, 0.4) is 0 Å². The molecule has 1 amide bonds. The fraction of sp³-hybridized carbons (Fsp3) is 0.614. The number of allylic oxidation sites excluding steroid dienone is 25. The molecule has 0 aromatic rings. The van der Waals surface area contributed by atoms with Crippen LogP contribution in [-0.2, 0) is 18.4 Å². The molecular formula is C70H118N2O6P+. The fourth-order valence-corrected chi connectivity index (χ4v) is 8.86. The summed E-state index contributed by atoms with van der Waals surface area (Å²) in [4.78, 5) is 23.3. The van der Waals surface area contributed by atoms with E-state index in [9.17, 15) is 19.4 Å². The number of unbranched alkanes of at least 4 members (excludes halogenated alkanes) is 18. The highest BCUT2D eigenvalue weighted by Gasteiger charge is 2.27. The van der Waals surface area contributed by atoms with Crippen LogP contribution in [-0.4, -0.2) is 73.4 Å². The first-order chi connectivity index (χ1) is 38.5. The van der Waals surface area contributed by atoms with Gasteiger partial charge in [0.25, 0.3) is 0 Å². The molecule has 79 heavy (non-hydrogen) atoms. The van der Waals surface area contributed by atoms with E-state index in [4.69, 9.17) is 9.05 Å². The van der Waals surface area contributed by atoms with Crippen LogP contribution in [0.25, 0.3) is 0 Å². The first kappa shape index (κ1) is 75.1. The lowest BCUT2D eigenvalue weighted by molar-refractivity contribution is -0.870. The number of rotatable bonds is 55. The van der Waals surface area contributed by atoms with Crippen LogP contribution in [0.1, 0.15) is 226 Å². The number of phosphoric ester groups is 1. The van der Waals surface area contributed by atoms with Crippen LogP contribution < -0.4 is 5.32 Å². The van der Waals surface area contributed by atoms with Gasteiger partial charge in [0, 0.05) is 6.42 Å². The maximum absolute atomic E-state index is 13.0. The molecule has 0 aliphatic heterocycles. The zero-order valence-electron chi connectivity index (χ0n) is 51.0. The van der Waals surface area contributed by atoms with Gasteiger partial charge in [0.05, 0.1) is 39.9 Å². The topological polar surface area (TPSA) is 105 Å². The summed E-state index contributed by atoms with van der Waals surface area (Å²) in [5, 5.41) is 13.9. The van der Waals surface area contributed by atoms with Crippen molar-refractivity contribution >= 4 is 13.7 Å². The summed E-state index contributed by atoms with van der Waals surface area (Å²) in [6, 6.07) is -0.881. The quantitative estimate of drug-likeness (QED) is 0.0243. The third-order valence-electron chi connectivity index (χ3n) is 13.0. The molecule has 9 heteroatoms. The second kappa shape index (κ2) is 58.8. The third kappa shape index (κ3) is 61.6. The molecular weight excluding hydrogens is 996 g/mol. The van der Waals surface area contributed by atoms with E-state index in [1.54, 1.807) is 6.08 Å². The van der Waals surface area contributed by atoms with Crippen molar-refractivity contribution in [3.8, 4) is 0 Å². The van der Waals surface area contributed by atoms with E-state index < -0.39 is 20.0 Å². The molecule has 3 atom stereocenters. The number of carbonyl (C=O) groups excluding carboxylic acids is 1. The Labute approximate surface area is 486 Å². The second-order valence-corrected chi connectivity index (χ2v) is 23.1. The average molecular weight is 1110 g/mol. The van der Waals surface area contributed by atoms with E-state index in [0.29, 0.717) is 17.4 Å². The van der Waals surface area contributed by atoms with Gasteiger partial charge in [-0.1, -0.05) is 262 Å². The number of amides is 1. The normalized spacial score (nSPS) is 14.9. The lowest BCUT2D eigenvalue weighted by Gasteiger charge is -2.25. The SMILES string of the molecule is CC/C=C\C/C=C\C/C=C\C/C=C\C/C=C\C/C=C\C/C=C\C/C=C\C/C=C\C/C=C\C/C=C\CCCCCCCCCC(=O)NC(COP(=O)(O)OCC[N+](C)(C)C)C(O)/C=C/CC/C=C/CCCCCCCCCCCC. The Morgan fingerprint density at radius 3 is 1.16 bits per heavy atom. The molecule has 0 saturated heterocycles. The van der Waals surface area contributed by atoms with Gasteiger partial charge in [0.2, 0.25) is 5.91 Å². The number of phosphoric acid groups is 1. The molecule has 0 aromatic carbocycles. The highest BCUT2D eigenvalue weighted by atomic mass is 31.2. The first-order valence-electron chi connectivity index (χ1n) is 31.4. The number of hydrogen-bond donors (Lipinski definition) is 3. The summed E-state index contributed by atoms with van der Waals surface area (Å²) in [6.45, 7) is 4.65. The van der Waals surface area contributed by atoms with E-state index in [2.05, 4.69) is 165 Å². The predicted octanol–water partition coefficient (Wildman–Crippen LogP) is 19.8. The zero-order chi connectivity index (χ0) is 57.7. The van der Waals surface area contributed by atoms with Crippen LogP contribution in [0.2, 0.25) is 0 Å². The van der Waals surface area contributed by atoms with Crippen molar-refractivity contribution in [2.45, 2.75) is 238 Å². The van der Waals surface area contributed by atoms with Crippen molar-refractivity contribution in [3.63, 3.8) is 0 Å². The lowest BCUT2D eigenvalue weighted by atomic mass is 10.1. The van der Waals surface area contributed by atoms with Crippen molar-refractivity contribution in [1.82, 2.24) is 5.32 Å². The fourth-order valence-electron chi connectivity index (χ4n) is 8.12. The van der Waals surface area contributed by atoms with Crippen molar-refractivity contribution in [3.05, 3.63) is 158 Å². The molecule has 0 spiro atoms. The predicted molar refractivity (Wildman–Crippen MR) is 345 cm³/mol. The molecule has 3 N–H and O–H groups in total. The van der Waals surface area contributed by atoms with E-state index in [1.807, 2.05) is 27.2 Å². The van der Waals surface area contributed by atoms with Crippen LogP contribution in [0.15, 0.2) is 158 Å². The Morgan fingerprint density at radius 2 is 0.772 bits per heavy atom. The molecule has 0 aromatic heterocycles. The van der Waals surface area contributed by atoms with Crippen molar-refractivity contribution in [2.24, 2.45) is 0 Å². The van der Waals surface area contributed by atoms with Crippen molar-refractivity contribution < 1.29 is 32.9 Å². The maximum atomic E-state index is 13.0. The van der Waals surface area contributed by atoms with Crippen molar-refractivity contribution in [1.29, 1.82) is 0 Å². The molecule has 3 unspecified atom stereocenters. The number of likely N-dealkylation sites (N-methyl/N-ethyl adjacent to an activating group) is 1.